The van der Waals surface area contributed by atoms with Crippen LogP contribution in [-0.4, -0.2) is 10.2 Å². The predicted octanol–water partition coefficient (Wildman–Crippen LogP) is 4.23. The monoisotopic (exact) mass is 333 g/mol. The summed E-state index contributed by atoms with van der Waals surface area (Å²) in [6.45, 7) is 0. The molecule has 2 nitrogen and oxygen atoms in total. The lowest BCUT2D eigenvalue weighted by Crippen LogP contribution is -2.33. The van der Waals surface area contributed by atoms with Crippen LogP contribution in [0.1, 0.15) is 35.6 Å². The van der Waals surface area contributed by atoms with Gasteiger partial charge in [-0.3, -0.25) is 4.79 Å². The van der Waals surface area contributed by atoms with Crippen LogP contribution in [0.2, 0.25) is 0 Å². The van der Waals surface area contributed by atoms with Crippen molar-refractivity contribution in [3.8, 4) is 0 Å². The lowest BCUT2D eigenvalue weighted by Gasteiger charge is -2.40. The highest BCUT2D eigenvalue weighted by Gasteiger charge is 2.54. The highest BCUT2D eigenvalue weighted by atomic mass is 32.2. The van der Waals surface area contributed by atoms with Gasteiger partial charge in [-0.05, 0) is 54.7 Å². The van der Waals surface area contributed by atoms with Gasteiger partial charge in [-0.1, -0.05) is 23.5 Å². The number of benzene rings is 1. The van der Waals surface area contributed by atoms with Crippen LogP contribution in [0.5, 0.6) is 0 Å². The molecule has 1 N–H and O–H groups in total. The Morgan fingerprint density at radius 1 is 1.14 bits per heavy atom. The summed E-state index contributed by atoms with van der Waals surface area (Å²) in [6.07, 6.45) is 3.98. The normalized spacial score (nSPS) is 35.4. The van der Waals surface area contributed by atoms with Crippen LogP contribution in [-0.2, 0) is 0 Å². The molecule has 2 heterocycles. The smallest absolute Gasteiger partial charge is 0.305 e. The van der Waals surface area contributed by atoms with E-state index in [1.807, 2.05) is 23.9 Å². The number of aromatic amines is 1. The number of hydrogen-bond acceptors (Lipinski definition) is 3. The first-order valence-corrected chi connectivity index (χ1v) is 9.55. The van der Waals surface area contributed by atoms with Crippen LogP contribution in [0.3, 0.4) is 0 Å². The fourth-order valence-corrected chi connectivity index (χ4v) is 7.79. The minimum absolute atomic E-state index is 0.0388. The third kappa shape index (κ3) is 1.81. The molecule has 2 saturated carbocycles. The molecular formula is C17H16FNOS2. The average Bonchev–Trinajstić information content (AvgIpc) is 3.19. The van der Waals surface area contributed by atoms with E-state index < -0.39 is 0 Å². The highest BCUT2D eigenvalue weighted by molar-refractivity contribution is 8.00. The lowest BCUT2D eigenvalue weighted by molar-refractivity contribution is 0.307. The van der Waals surface area contributed by atoms with E-state index >= 15 is 0 Å². The number of H-pyrrole nitrogens is 1. The average molecular weight is 333 g/mol. The van der Waals surface area contributed by atoms with Gasteiger partial charge in [0.15, 0.2) is 0 Å². The number of hydrogen-bond donors (Lipinski definition) is 1. The first-order valence-electron chi connectivity index (χ1n) is 7.86. The van der Waals surface area contributed by atoms with Crippen molar-refractivity contribution in [2.24, 2.45) is 17.8 Å². The quantitative estimate of drug-likeness (QED) is 0.847. The number of thiazole rings is 1. The molecule has 0 unspecified atom stereocenters. The highest BCUT2D eigenvalue weighted by Crippen LogP contribution is 2.63. The van der Waals surface area contributed by atoms with Crippen LogP contribution in [0.15, 0.2) is 34.1 Å². The van der Waals surface area contributed by atoms with E-state index in [2.05, 4.69) is 4.98 Å². The summed E-state index contributed by atoms with van der Waals surface area (Å²) >= 11 is 3.24. The summed E-state index contributed by atoms with van der Waals surface area (Å²) in [7, 11) is 0. The zero-order valence-electron chi connectivity index (χ0n) is 11.9. The van der Waals surface area contributed by atoms with Gasteiger partial charge in [-0.2, -0.15) is 0 Å². The number of aromatic nitrogens is 1. The third-order valence-electron chi connectivity index (χ3n) is 5.69. The van der Waals surface area contributed by atoms with E-state index in [1.54, 1.807) is 12.1 Å². The number of nitrogens with one attached hydrogen (secondary N) is 1. The van der Waals surface area contributed by atoms with Crippen molar-refractivity contribution in [2.45, 2.75) is 35.5 Å². The molecule has 5 rings (SSSR count). The first kappa shape index (κ1) is 13.4. The Balaban J connectivity index is 1.68. The van der Waals surface area contributed by atoms with E-state index in [1.165, 1.54) is 41.0 Å². The minimum Gasteiger partial charge on any atom is -0.307 e. The molecule has 2 fully saturated rings. The summed E-state index contributed by atoms with van der Waals surface area (Å²) in [6, 6.07) is 6.92. The maximum absolute atomic E-state index is 13.3. The minimum atomic E-state index is -0.194. The van der Waals surface area contributed by atoms with Gasteiger partial charge in [0.2, 0.25) is 0 Å². The van der Waals surface area contributed by atoms with Crippen molar-refractivity contribution in [2.75, 3.05) is 0 Å². The van der Waals surface area contributed by atoms with Crippen molar-refractivity contribution in [3.63, 3.8) is 0 Å². The zero-order valence-corrected chi connectivity index (χ0v) is 13.6. The van der Waals surface area contributed by atoms with E-state index in [4.69, 9.17) is 0 Å². The van der Waals surface area contributed by atoms with Crippen molar-refractivity contribution >= 4 is 23.1 Å². The molecule has 5 heteroatoms. The number of fused-ring (bicyclic) bond motifs is 6. The molecule has 1 aromatic heterocycles. The molecule has 1 aromatic carbocycles. The van der Waals surface area contributed by atoms with E-state index in [9.17, 15) is 9.18 Å². The van der Waals surface area contributed by atoms with Gasteiger partial charge >= 0.3 is 4.87 Å². The Hall–Kier alpha value is -1.07. The largest absolute Gasteiger partial charge is 0.307 e. The number of halogens is 1. The van der Waals surface area contributed by atoms with Gasteiger partial charge in [0, 0.05) is 16.0 Å². The molecule has 0 amide bonds. The molecule has 2 aromatic rings. The van der Waals surface area contributed by atoms with Gasteiger partial charge in [-0.15, -0.1) is 11.8 Å². The lowest BCUT2D eigenvalue weighted by atomic mass is 9.75. The molecule has 114 valence electrons. The van der Waals surface area contributed by atoms with Gasteiger partial charge in [0.25, 0.3) is 0 Å². The van der Waals surface area contributed by atoms with Crippen molar-refractivity contribution in [1.82, 2.24) is 4.98 Å². The number of rotatable bonds is 1. The van der Waals surface area contributed by atoms with Crippen molar-refractivity contribution in [1.29, 1.82) is 0 Å². The molecule has 22 heavy (non-hydrogen) atoms. The molecule has 0 spiro atoms. The van der Waals surface area contributed by atoms with Gasteiger partial charge < -0.3 is 4.98 Å². The zero-order chi connectivity index (χ0) is 14.8. The topological polar surface area (TPSA) is 32.9 Å². The fraction of sp³-hybridized carbons (Fsp3) is 0.471. The SMILES string of the molecule is O=c1[nH]c2c(s1)[C@H](c1ccc(F)cc1)[C@H]1[C@@H]3CC[C@H](C3)[C@@H]1S2. The van der Waals surface area contributed by atoms with Crippen LogP contribution < -0.4 is 4.87 Å². The molecule has 0 saturated heterocycles. The summed E-state index contributed by atoms with van der Waals surface area (Å²) < 4.78 is 13.3. The Morgan fingerprint density at radius 2 is 1.91 bits per heavy atom. The third-order valence-corrected chi connectivity index (χ3v) is 8.32. The summed E-state index contributed by atoms with van der Waals surface area (Å²) in [5.41, 5.74) is 1.17. The molecule has 2 bridgehead atoms. The van der Waals surface area contributed by atoms with Crippen molar-refractivity contribution < 1.29 is 4.39 Å². The van der Waals surface area contributed by atoms with E-state index in [0.29, 0.717) is 11.2 Å². The second-order valence-corrected chi connectivity index (χ2v) is 8.93. The van der Waals surface area contributed by atoms with E-state index in [-0.39, 0.29) is 16.6 Å². The van der Waals surface area contributed by atoms with Gasteiger partial charge in [0.05, 0.1) is 5.03 Å². The Morgan fingerprint density at radius 3 is 2.73 bits per heavy atom. The Bertz CT molecular complexity index is 781. The molecular weight excluding hydrogens is 317 g/mol. The van der Waals surface area contributed by atoms with Gasteiger partial charge in [-0.25, -0.2) is 4.39 Å². The summed E-state index contributed by atoms with van der Waals surface area (Å²) in [5.74, 6) is 2.23. The fourth-order valence-electron chi connectivity index (χ4n) is 4.89. The standard InChI is InChI=1S/C17H16FNOS2/c18-11-5-3-8(4-6-11)12-13-9-1-2-10(7-9)14(13)21-16-15(12)22-17(20)19-16/h3-6,9-10,12-14H,1-2,7H2,(H,19,20)/t9-,10-,12-,13-,14+/m1/s1. The molecule has 0 radical (unpaired) electrons. The summed E-state index contributed by atoms with van der Waals surface area (Å²) in [5, 5.41) is 1.68. The van der Waals surface area contributed by atoms with Crippen molar-refractivity contribution in [3.05, 3.63) is 50.2 Å². The van der Waals surface area contributed by atoms with E-state index in [0.717, 1.165) is 16.9 Å². The van der Waals surface area contributed by atoms with Crippen LogP contribution in [0.4, 0.5) is 4.39 Å². The maximum atomic E-state index is 13.3. The Labute approximate surface area is 136 Å². The second-order valence-electron chi connectivity index (χ2n) is 6.73. The molecule has 3 aliphatic rings. The van der Waals surface area contributed by atoms with Crippen LogP contribution in [0.25, 0.3) is 0 Å². The summed E-state index contributed by atoms with van der Waals surface area (Å²) in [4.78, 5) is 16.1. The van der Waals surface area contributed by atoms with Crippen LogP contribution in [0, 0.1) is 23.6 Å². The number of thioether (sulfide) groups is 1. The second kappa shape index (κ2) is 4.71. The van der Waals surface area contributed by atoms with Crippen LogP contribution >= 0.6 is 23.1 Å². The molecule has 1 aliphatic heterocycles. The Kier molecular flexibility index (Phi) is 2.87. The van der Waals surface area contributed by atoms with Gasteiger partial charge in [0.1, 0.15) is 5.82 Å². The maximum Gasteiger partial charge on any atom is 0.305 e. The predicted molar refractivity (Wildman–Crippen MR) is 87.1 cm³/mol. The molecule has 2 aliphatic carbocycles. The molecule has 5 atom stereocenters. The first-order chi connectivity index (χ1) is 10.7.